The summed E-state index contributed by atoms with van der Waals surface area (Å²) in [6, 6.07) is 0.456. The SMILES string of the molecule is CCOC1(c2noc(NC)n2)CCC(C)CC1. The summed E-state index contributed by atoms with van der Waals surface area (Å²) in [6.07, 6.45) is 4.27. The molecule has 2 rings (SSSR count). The fourth-order valence-electron chi connectivity index (χ4n) is 2.45. The molecule has 5 heteroatoms. The van der Waals surface area contributed by atoms with Crippen molar-refractivity contribution in [2.45, 2.75) is 45.1 Å². The molecule has 1 heterocycles. The van der Waals surface area contributed by atoms with Crippen molar-refractivity contribution < 1.29 is 9.26 Å². The Bertz CT molecular complexity index is 356. The molecule has 1 fully saturated rings. The second-order valence-corrected chi connectivity index (χ2v) is 4.78. The Labute approximate surface area is 102 Å². The molecule has 0 amide bonds. The van der Waals surface area contributed by atoms with E-state index in [0.717, 1.165) is 31.6 Å². The minimum Gasteiger partial charge on any atom is -0.367 e. The van der Waals surface area contributed by atoms with Crippen LogP contribution in [0, 0.1) is 5.92 Å². The highest BCUT2D eigenvalue weighted by atomic mass is 16.5. The van der Waals surface area contributed by atoms with E-state index in [1.54, 1.807) is 7.05 Å². The third-order valence-corrected chi connectivity index (χ3v) is 3.55. The molecule has 17 heavy (non-hydrogen) atoms. The summed E-state index contributed by atoms with van der Waals surface area (Å²) in [6.45, 7) is 4.97. The zero-order valence-electron chi connectivity index (χ0n) is 10.8. The van der Waals surface area contributed by atoms with Crippen LogP contribution in [0.3, 0.4) is 0 Å². The van der Waals surface area contributed by atoms with Gasteiger partial charge in [0.05, 0.1) is 0 Å². The first-order valence-corrected chi connectivity index (χ1v) is 6.36. The molecule has 1 N–H and O–H groups in total. The predicted molar refractivity (Wildman–Crippen MR) is 64.8 cm³/mol. The fraction of sp³-hybridized carbons (Fsp3) is 0.833. The number of nitrogens with zero attached hydrogens (tertiary/aromatic N) is 2. The monoisotopic (exact) mass is 239 g/mol. The molecule has 1 aromatic heterocycles. The lowest BCUT2D eigenvalue weighted by molar-refractivity contribution is -0.0847. The maximum atomic E-state index is 5.95. The zero-order chi connectivity index (χ0) is 12.3. The molecule has 1 aliphatic carbocycles. The highest BCUT2D eigenvalue weighted by molar-refractivity contribution is 5.19. The van der Waals surface area contributed by atoms with E-state index in [2.05, 4.69) is 22.4 Å². The lowest BCUT2D eigenvalue weighted by atomic mass is 9.79. The van der Waals surface area contributed by atoms with Gasteiger partial charge in [0.15, 0.2) is 0 Å². The number of rotatable bonds is 4. The van der Waals surface area contributed by atoms with Crippen LogP contribution in [0.5, 0.6) is 0 Å². The summed E-state index contributed by atoms with van der Waals surface area (Å²) in [5, 5.41) is 6.91. The molecule has 0 aliphatic heterocycles. The molecular formula is C12H21N3O2. The average Bonchev–Trinajstić information content (AvgIpc) is 2.82. The van der Waals surface area contributed by atoms with Crippen LogP contribution >= 0.6 is 0 Å². The third-order valence-electron chi connectivity index (χ3n) is 3.55. The van der Waals surface area contributed by atoms with Crippen LogP contribution in [0.2, 0.25) is 0 Å². The van der Waals surface area contributed by atoms with Gasteiger partial charge in [0.1, 0.15) is 5.60 Å². The summed E-state index contributed by atoms with van der Waals surface area (Å²) < 4.78 is 11.1. The van der Waals surface area contributed by atoms with Gasteiger partial charge in [0, 0.05) is 13.7 Å². The van der Waals surface area contributed by atoms with Gasteiger partial charge >= 0.3 is 6.01 Å². The van der Waals surface area contributed by atoms with E-state index in [0.29, 0.717) is 18.4 Å². The van der Waals surface area contributed by atoms with Gasteiger partial charge in [0.2, 0.25) is 5.82 Å². The number of hydrogen-bond acceptors (Lipinski definition) is 5. The Morgan fingerprint density at radius 3 is 2.71 bits per heavy atom. The van der Waals surface area contributed by atoms with Crippen LogP contribution in [0.1, 0.15) is 45.4 Å². The maximum absolute atomic E-state index is 5.95. The Hall–Kier alpha value is -1.10. The van der Waals surface area contributed by atoms with Gasteiger partial charge in [-0.2, -0.15) is 4.98 Å². The highest BCUT2D eigenvalue weighted by Gasteiger charge is 2.40. The minimum atomic E-state index is -0.333. The van der Waals surface area contributed by atoms with Crippen LogP contribution in [0.25, 0.3) is 0 Å². The van der Waals surface area contributed by atoms with Crippen molar-refractivity contribution in [3.63, 3.8) is 0 Å². The topological polar surface area (TPSA) is 60.2 Å². The van der Waals surface area contributed by atoms with Gasteiger partial charge in [-0.25, -0.2) is 0 Å². The van der Waals surface area contributed by atoms with Crippen molar-refractivity contribution in [3.05, 3.63) is 5.82 Å². The van der Waals surface area contributed by atoms with Gasteiger partial charge in [0.25, 0.3) is 0 Å². The van der Waals surface area contributed by atoms with Gasteiger partial charge in [-0.05, 0) is 38.5 Å². The van der Waals surface area contributed by atoms with Crippen LogP contribution in [-0.2, 0) is 10.3 Å². The molecule has 0 bridgehead atoms. The Morgan fingerprint density at radius 2 is 2.18 bits per heavy atom. The number of aromatic nitrogens is 2. The summed E-state index contributed by atoms with van der Waals surface area (Å²) in [5.74, 6) is 1.45. The van der Waals surface area contributed by atoms with Gasteiger partial charge in [-0.1, -0.05) is 12.1 Å². The molecule has 5 nitrogen and oxygen atoms in total. The molecule has 0 aromatic carbocycles. The van der Waals surface area contributed by atoms with Gasteiger partial charge in [-0.15, -0.1) is 0 Å². The van der Waals surface area contributed by atoms with E-state index in [4.69, 9.17) is 9.26 Å². The van der Waals surface area contributed by atoms with E-state index in [9.17, 15) is 0 Å². The van der Waals surface area contributed by atoms with Crippen molar-refractivity contribution in [1.29, 1.82) is 0 Å². The average molecular weight is 239 g/mol. The summed E-state index contributed by atoms with van der Waals surface area (Å²) in [5.41, 5.74) is -0.333. The van der Waals surface area contributed by atoms with Crippen molar-refractivity contribution in [2.24, 2.45) is 5.92 Å². The lowest BCUT2D eigenvalue weighted by Crippen LogP contribution is -2.35. The quantitative estimate of drug-likeness (QED) is 0.875. The highest BCUT2D eigenvalue weighted by Crippen LogP contribution is 2.41. The van der Waals surface area contributed by atoms with Gasteiger partial charge in [-0.3, -0.25) is 0 Å². The molecule has 96 valence electrons. The van der Waals surface area contributed by atoms with E-state index < -0.39 is 0 Å². The molecule has 0 atom stereocenters. The van der Waals surface area contributed by atoms with Crippen LogP contribution < -0.4 is 5.32 Å². The number of ether oxygens (including phenoxy) is 1. The first kappa shape index (κ1) is 12.4. The number of anilines is 1. The van der Waals surface area contributed by atoms with Crippen molar-refractivity contribution >= 4 is 6.01 Å². The molecule has 0 spiro atoms. The second-order valence-electron chi connectivity index (χ2n) is 4.78. The fourth-order valence-corrected chi connectivity index (χ4v) is 2.45. The molecule has 0 saturated heterocycles. The molecular weight excluding hydrogens is 218 g/mol. The largest absolute Gasteiger partial charge is 0.367 e. The molecule has 1 aliphatic rings. The number of nitrogens with one attached hydrogen (secondary N) is 1. The lowest BCUT2D eigenvalue weighted by Gasteiger charge is -2.36. The Balaban J connectivity index is 2.21. The van der Waals surface area contributed by atoms with Crippen molar-refractivity contribution in [3.8, 4) is 0 Å². The summed E-state index contributed by atoms with van der Waals surface area (Å²) >= 11 is 0. The first-order valence-electron chi connectivity index (χ1n) is 6.36. The normalized spacial score (nSPS) is 29.2. The second kappa shape index (κ2) is 5.04. The van der Waals surface area contributed by atoms with E-state index in [1.807, 2.05) is 6.92 Å². The van der Waals surface area contributed by atoms with Crippen LogP contribution in [0.15, 0.2) is 4.52 Å². The zero-order valence-corrected chi connectivity index (χ0v) is 10.8. The smallest absolute Gasteiger partial charge is 0.321 e. The summed E-state index contributed by atoms with van der Waals surface area (Å²) in [4.78, 5) is 4.35. The van der Waals surface area contributed by atoms with Crippen LogP contribution in [-0.4, -0.2) is 23.8 Å². The van der Waals surface area contributed by atoms with E-state index in [1.165, 1.54) is 0 Å². The minimum absolute atomic E-state index is 0.333. The maximum Gasteiger partial charge on any atom is 0.321 e. The first-order chi connectivity index (χ1) is 8.20. The van der Waals surface area contributed by atoms with E-state index >= 15 is 0 Å². The van der Waals surface area contributed by atoms with Crippen LogP contribution in [0.4, 0.5) is 6.01 Å². The molecule has 0 unspecified atom stereocenters. The molecule has 1 aromatic rings. The molecule has 0 radical (unpaired) electrons. The van der Waals surface area contributed by atoms with E-state index in [-0.39, 0.29) is 5.60 Å². The molecule has 1 saturated carbocycles. The third kappa shape index (κ3) is 2.44. The summed E-state index contributed by atoms with van der Waals surface area (Å²) in [7, 11) is 1.77. The van der Waals surface area contributed by atoms with Crippen molar-refractivity contribution in [2.75, 3.05) is 19.0 Å². The Kier molecular flexibility index (Phi) is 3.66. The Morgan fingerprint density at radius 1 is 1.47 bits per heavy atom. The predicted octanol–water partition coefficient (Wildman–Crippen LogP) is 2.55. The number of hydrogen-bond donors (Lipinski definition) is 1. The standard InChI is InChI=1S/C12H21N3O2/c1-4-16-12(7-5-9(2)6-8-12)10-14-11(13-3)17-15-10/h9H,4-8H2,1-3H3,(H,13,14,15). The van der Waals surface area contributed by atoms with Gasteiger partial charge < -0.3 is 14.6 Å². The van der Waals surface area contributed by atoms with Crippen molar-refractivity contribution in [1.82, 2.24) is 10.1 Å².